The lowest BCUT2D eigenvalue weighted by Gasteiger charge is -2.34. The van der Waals surface area contributed by atoms with Gasteiger partial charge in [0.1, 0.15) is 29.9 Å². The first kappa shape index (κ1) is 27.7. The molecule has 9 nitrogen and oxygen atoms in total. The number of phenols is 1. The highest BCUT2D eigenvalue weighted by Gasteiger charge is 2.49. The molecule has 4 fully saturated rings. The maximum absolute atomic E-state index is 17.3. The Morgan fingerprint density at radius 2 is 1.98 bits per heavy atom. The van der Waals surface area contributed by atoms with E-state index in [4.69, 9.17) is 19.7 Å². The molecule has 5 atom stereocenters. The van der Waals surface area contributed by atoms with Crippen molar-refractivity contribution in [3.63, 3.8) is 0 Å². The number of nitrogens with one attached hydrogen (secondary N) is 1. The lowest BCUT2D eigenvalue weighted by Crippen LogP contribution is -2.51. The number of aromatic nitrogens is 4. The first-order valence-electron chi connectivity index (χ1n) is 16.7. The van der Waals surface area contributed by atoms with Crippen molar-refractivity contribution < 1.29 is 18.6 Å². The molecule has 0 radical (unpaired) electrons. The Labute approximate surface area is 260 Å². The van der Waals surface area contributed by atoms with Crippen LogP contribution in [0.3, 0.4) is 0 Å². The van der Waals surface area contributed by atoms with Gasteiger partial charge in [0.15, 0.2) is 11.5 Å². The number of aromatic hydroxyl groups is 1. The first-order chi connectivity index (χ1) is 21.9. The van der Waals surface area contributed by atoms with Gasteiger partial charge in [0.2, 0.25) is 0 Å². The Bertz CT molecular complexity index is 1820. The minimum Gasteiger partial charge on any atom is -0.508 e. The number of halogens is 2. The van der Waals surface area contributed by atoms with E-state index in [1.807, 2.05) is 6.07 Å². The maximum Gasteiger partial charge on any atom is 0.319 e. The largest absolute Gasteiger partial charge is 0.508 e. The van der Waals surface area contributed by atoms with E-state index in [0.717, 1.165) is 75.7 Å². The van der Waals surface area contributed by atoms with Crippen molar-refractivity contribution in [3.8, 4) is 23.0 Å². The molecule has 45 heavy (non-hydrogen) atoms. The summed E-state index contributed by atoms with van der Waals surface area (Å²) in [6.45, 7) is 5.21. The smallest absolute Gasteiger partial charge is 0.319 e. The fraction of sp³-hybridized carbons (Fsp3) is 0.559. The number of nitrogens with zero attached hydrogens (tertiary/aromatic N) is 6. The molecule has 11 heteroatoms. The third-order valence-corrected chi connectivity index (χ3v) is 11.3. The van der Waals surface area contributed by atoms with Gasteiger partial charge in [0.05, 0.1) is 16.6 Å². The van der Waals surface area contributed by atoms with E-state index in [0.29, 0.717) is 53.2 Å². The lowest BCUT2D eigenvalue weighted by molar-refractivity contribution is 0.107. The van der Waals surface area contributed by atoms with Crippen molar-refractivity contribution >= 4 is 22.4 Å². The molecular weight excluding hydrogens is 576 g/mol. The number of phenolic OH excluding ortho intramolecular Hbond substituents is 1. The van der Waals surface area contributed by atoms with Crippen LogP contribution in [0.1, 0.15) is 68.9 Å². The third-order valence-electron chi connectivity index (χ3n) is 11.3. The van der Waals surface area contributed by atoms with E-state index < -0.39 is 12.0 Å². The zero-order valence-electron chi connectivity index (χ0n) is 25.6. The molecule has 2 bridgehead atoms. The van der Waals surface area contributed by atoms with Gasteiger partial charge in [0, 0.05) is 56.1 Å². The summed E-state index contributed by atoms with van der Waals surface area (Å²) >= 11 is 0. The van der Waals surface area contributed by atoms with Crippen LogP contribution in [0.4, 0.5) is 14.6 Å². The van der Waals surface area contributed by atoms with E-state index in [2.05, 4.69) is 22.0 Å². The number of imidazole rings is 1. The van der Waals surface area contributed by atoms with Gasteiger partial charge >= 0.3 is 6.01 Å². The molecule has 2 N–H and O–H groups in total. The molecule has 4 aliphatic heterocycles. The number of pyridine rings is 1. The number of hydrogen-bond acceptors (Lipinski definition) is 8. The predicted molar refractivity (Wildman–Crippen MR) is 167 cm³/mol. The Kier molecular flexibility index (Phi) is 6.29. The number of ether oxygens (including phenoxy) is 1. The van der Waals surface area contributed by atoms with Crippen LogP contribution in [0.25, 0.3) is 27.8 Å². The number of anilines is 1. The van der Waals surface area contributed by atoms with Crippen molar-refractivity contribution in [1.82, 2.24) is 29.6 Å². The number of alkyl halides is 1. The number of hydrogen-bond donors (Lipinski definition) is 2. The number of piperazine rings is 1. The van der Waals surface area contributed by atoms with Crippen LogP contribution in [0.15, 0.2) is 24.5 Å². The standard InChI is InChI=1S/C34H39F2N7O2/c1-2-19-4-5-20-12-24(44)13-25(26(19)20)30-28(36)29-27(31-37-9-11-43(30)31)32(41-16-22-6-7-23(17-41)38-22)40-33(39-29)45-18-34-8-3-10-42(34)15-21(35)14-34/h9,11-13,19,21-23,38,44H,2-8,10,14-18H2,1H3/t19?,21-,22-,23+,34+/m1/s1. The van der Waals surface area contributed by atoms with Gasteiger partial charge in [-0.3, -0.25) is 9.30 Å². The van der Waals surface area contributed by atoms with Gasteiger partial charge < -0.3 is 20.1 Å². The highest BCUT2D eigenvalue weighted by atomic mass is 19.1. The number of benzene rings is 1. The van der Waals surface area contributed by atoms with E-state index >= 15 is 4.39 Å². The Hall–Kier alpha value is -3.57. The normalized spacial score (nSPS) is 29.3. The van der Waals surface area contributed by atoms with Crippen LogP contribution in [-0.4, -0.2) is 85.9 Å². The molecule has 0 spiro atoms. The maximum atomic E-state index is 17.3. The molecule has 1 aromatic carbocycles. The number of fused-ring (bicyclic) bond motifs is 7. The number of aryl methyl sites for hydroxylation is 1. The Balaban J connectivity index is 1.24. The molecular formula is C34H39F2N7O2. The van der Waals surface area contributed by atoms with E-state index in [1.165, 1.54) is 0 Å². The zero-order valence-corrected chi connectivity index (χ0v) is 25.6. The first-order valence-corrected chi connectivity index (χ1v) is 16.7. The van der Waals surface area contributed by atoms with Crippen molar-refractivity contribution in [2.75, 3.05) is 37.7 Å². The molecule has 4 aromatic rings. The van der Waals surface area contributed by atoms with Crippen molar-refractivity contribution in [2.45, 2.75) is 88.0 Å². The second kappa shape index (κ2) is 10.2. The lowest BCUT2D eigenvalue weighted by atomic mass is 9.91. The minimum absolute atomic E-state index is 0.111. The summed E-state index contributed by atoms with van der Waals surface area (Å²) in [7, 11) is 0. The van der Waals surface area contributed by atoms with Crippen molar-refractivity contribution in [3.05, 3.63) is 41.5 Å². The summed E-state index contributed by atoms with van der Waals surface area (Å²) in [5.74, 6) is 0.542. The van der Waals surface area contributed by atoms with Gasteiger partial charge in [0.25, 0.3) is 0 Å². The molecule has 4 saturated heterocycles. The molecule has 236 valence electrons. The Morgan fingerprint density at radius 3 is 2.80 bits per heavy atom. The van der Waals surface area contributed by atoms with Gasteiger partial charge in [-0.05, 0) is 80.7 Å². The molecule has 1 aliphatic carbocycles. The second-order valence-electron chi connectivity index (χ2n) is 14.0. The fourth-order valence-electron chi connectivity index (χ4n) is 9.30. The third kappa shape index (κ3) is 4.26. The van der Waals surface area contributed by atoms with Crippen LogP contribution in [0.2, 0.25) is 0 Å². The molecule has 0 amide bonds. The molecule has 0 saturated carbocycles. The summed E-state index contributed by atoms with van der Waals surface area (Å²) in [5.41, 5.74) is 3.55. The van der Waals surface area contributed by atoms with Gasteiger partial charge in [-0.15, -0.1) is 0 Å². The average molecular weight is 616 g/mol. The zero-order chi connectivity index (χ0) is 30.4. The SMILES string of the molecule is CCC1CCc2cc(O)cc(-c3c(F)c4nc(OC[C@@]56CCCN5C[C@H](F)C6)nc(N5C[C@H]6CC[C@@H](C5)N6)c4c4nccn34)c21. The molecule has 7 heterocycles. The fourth-order valence-corrected chi connectivity index (χ4v) is 9.30. The monoisotopic (exact) mass is 615 g/mol. The summed E-state index contributed by atoms with van der Waals surface area (Å²) < 4.78 is 40.0. The minimum atomic E-state index is -0.872. The predicted octanol–water partition coefficient (Wildman–Crippen LogP) is 5.12. The van der Waals surface area contributed by atoms with Crippen LogP contribution in [0.5, 0.6) is 11.8 Å². The number of rotatable bonds is 6. The molecule has 5 aliphatic rings. The summed E-state index contributed by atoms with van der Waals surface area (Å²) in [4.78, 5) is 18.9. The molecule has 1 unspecified atom stereocenters. The van der Waals surface area contributed by atoms with E-state index in [1.54, 1.807) is 22.9 Å². The van der Waals surface area contributed by atoms with Crippen LogP contribution < -0.4 is 15.0 Å². The molecule has 9 rings (SSSR count). The van der Waals surface area contributed by atoms with Crippen LogP contribution in [-0.2, 0) is 6.42 Å². The van der Waals surface area contributed by atoms with Gasteiger partial charge in [-0.25, -0.2) is 13.8 Å². The average Bonchev–Trinajstić information content (AvgIpc) is 3.85. The summed E-state index contributed by atoms with van der Waals surface area (Å²) in [6, 6.07) is 4.29. The molecule has 3 aromatic heterocycles. The topological polar surface area (TPSA) is 91.1 Å². The van der Waals surface area contributed by atoms with Gasteiger partial charge in [-0.1, -0.05) is 6.92 Å². The summed E-state index contributed by atoms with van der Waals surface area (Å²) in [6.07, 6.45) is 9.85. The van der Waals surface area contributed by atoms with E-state index in [-0.39, 0.29) is 35.3 Å². The summed E-state index contributed by atoms with van der Waals surface area (Å²) in [5, 5.41) is 15.0. The van der Waals surface area contributed by atoms with Crippen LogP contribution >= 0.6 is 0 Å². The highest BCUT2D eigenvalue weighted by Crippen LogP contribution is 2.46. The van der Waals surface area contributed by atoms with E-state index in [9.17, 15) is 9.50 Å². The van der Waals surface area contributed by atoms with Crippen molar-refractivity contribution in [2.24, 2.45) is 0 Å². The second-order valence-corrected chi connectivity index (χ2v) is 14.0. The Morgan fingerprint density at radius 1 is 1.13 bits per heavy atom. The van der Waals surface area contributed by atoms with Crippen LogP contribution in [0, 0.1) is 5.82 Å². The van der Waals surface area contributed by atoms with Gasteiger partial charge in [-0.2, -0.15) is 9.97 Å². The highest BCUT2D eigenvalue weighted by molar-refractivity contribution is 6.03. The van der Waals surface area contributed by atoms with Crippen molar-refractivity contribution in [1.29, 1.82) is 0 Å². The quantitative estimate of drug-likeness (QED) is 0.309.